The molecule has 0 saturated carbocycles. The first kappa shape index (κ1) is 19.0. The van der Waals surface area contributed by atoms with Gasteiger partial charge in [-0.2, -0.15) is 0 Å². The molecule has 0 bridgehead atoms. The second-order valence-electron chi connectivity index (χ2n) is 5.13. The molecule has 0 amide bonds. The van der Waals surface area contributed by atoms with Crippen LogP contribution >= 0.6 is 15.9 Å². The van der Waals surface area contributed by atoms with E-state index in [1.54, 1.807) is 36.4 Å². The molecule has 0 fully saturated rings. The van der Waals surface area contributed by atoms with Crippen molar-refractivity contribution in [3.05, 3.63) is 58.1 Å². The fourth-order valence-electron chi connectivity index (χ4n) is 2.03. The summed E-state index contributed by atoms with van der Waals surface area (Å²) in [4.78, 5) is 24.2. The number of hydrogen-bond acceptors (Lipinski definition) is 5. The lowest BCUT2D eigenvalue weighted by atomic mass is 10.2. The molecule has 0 saturated heterocycles. The van der Waals surface area contributed by atoms with E-state index in [0.29, 0.717) is 34.6 Å². The van der Waals surface area contributed by atoms with Crippen LogP contribution in [0.4, 0.5) is 0 Å². The first-order chi connectivity index (χ1) is 12.0. The number of ether oxygens (including phenoxy) is 3. The summed E-state index contributed by atoms with van der Waals surface area (Å²) in [7, 11) is 0. The van der Waals surface area contributed by atoms with Gasteiger partial charge in [0.1, 0.15) is 11.5 Å². The van der Waals surface area contributed by atoms with Crippen LogP contribution in [0.15, 0.2) is 46.9 Å². The smallest absolute Gasteiger partial charge is 0.343 e. The molecule has 0 atom stereocenters. The Bertz CT molecular complexity index is 757. The van der Waals surface area contributed by atoms with E-state index in [1.165, 1.54) is 6.07 Å². The highest BCUT2D eigenvalue weighted by atomic mass is 79.9. The third-order valence-electron chi connectivity index (χ3n) is 3.18. The fraction of sp³-hybridized carbons (Fsp3) is 0.263. The Morgan fingerprint density at radius 3 is 2.44 bits per heavy atom. The standard InChI is InChI=1S/C19H19BrO5/c1-3-10-24-18(21)13-6-5-7-15(11-13)25-19(22)14-8-9-17(23-4-2)16(20)12-14/h5-9,11-12H,3-4,10H2,1-2H3. The minimum absolute atomic E-state index is 0.279. The fourth-order valence-corrected chi connectivity index (χ4v) is 2.52. The molecule has 6 heteroatoms. The number of halogens is 1. The van der Waals surface area contributed by atoms with Crippen LogP contribution in [0.1, 0.15) is 41.0 Å². The molecule has 0 spiro atoms. The van der Waals surface area contributed by atoms with E-state index in [9.17, 15) is 9.59 Å². The zero-order chi connectivity index (χ0) is 18.2. The zero-order valence-corrected chi connectivity index (χ0v) is 15.7. The van der Waals surface area contributed by atoms with Gasteiger partial charge < -0.3 is 14.2 Å². The van der Waals surface area contributed by atoms with Gasteiger partial charge in [-0.25, -0.2) is 9.59 Å². The summed E-state index contributed by atoms with van der Waals surface area (Å²) in [6.07, 6.45) is 0.743. The van der Waals surface area contributed by atoms with Crippen LogP contribution in [0.25, 0.3) is 0 Å². The number of rotatable bonds is 7. The maximum atomic E-state index is 12.3. The van der Waals surface area contributed by atoms with Crippen molar-refractivity contribution in [2.45, 2.75) is 20.3 Å². The summed E-state index contributed by atoms with van der Waals surface area (Å²) in [6.45, 7) is 4.68. The Morgan fingerprint density at radius 1 is 1.00 bits per heavy atom. The number of hydrogen-bond donors (Lipinski definition) is 0. The molecule has 0 unspecified atom stereocenters. The van der Waals surface area contributed by atoms with E-state index in [1.807, 2.05) is 13.8 Å². The SMILES string of the molecule is CCCOC(=O)c1cccc(OC(=O)c2ccc(OCC)c(Br)c2)c1. The summed E-state index contributed by atoms with van der Waals surface area (Å²) in [5.41, 5.74) is 0.709. The lowest BCUT2D eigenvalue weighted by Gasteiger charge is -2.09. The van der Waals surface area contributed by atoms with Crippen LogP contribution in [-0.4, -0.2) is 25.2 Å². The molecular formula is C19H19BrO5. The van der Waals surface area contributed by atoms with Gasteiger partial charge in [0.2, 0.25) is 0 Å². The third-order valence-corrected chi connectivity index (χ3v) is 3.80. The van der Waals surface area contributed by atoms with Crippen molar-refractivity contribution in [3.63, 3.8) is 0 Å². The van der Waals surface area contributed by atoms with Crippen LogP contribution < -0.4 is 9.47 Å². The van der Waals surface area contributed by atoms with Gasteiger partial charge in [0, 0.05) is 0 Å². The van der Waals surface area contributed by atoms with Crippen LogP contribution in [0.5, 0.6) is 11.5 Å². The summed E-state index contributed by atoms with van der Waals surface area (Å²) in [5, 5.41) is 0. The lowest BCUT2D eigenvalue weighted by Crippen LogP contribution is -2.10. The number of carbonyl (C=O) groups excluding carboxylic acids is 2. The number of esters is 2. The van der Waals surface area contributed by atoms with Crippen molar-refractivity contribution in [2.24, 2.45) is 0 Å². The molecule has 5 nitrogen and oxygen atoms in total. The summed E-state index contributed by atoms with van der Waals surface area (Å²) >= 11 is 3.36. The quantitative estimate of drug-likeness (QED) is 0.495. The van der Waals surface area contributed by atoms with Gasteiger partial charge in [0.15, 0.2) is 0 Å². The highest BCUT2D eigenvalue weighted by Gasteiger charge is 2.13. The second kappa shape index (κ2) is 9.22. The van der Waals surface area contributed by atoms with E-state index in [4.69, 9.17) is 14.2 Å². The van der Waals surface area contributed by atoms with E-state index >= 15 is 0 Å². The Balaban J connectivity index is 2.10. The molecule has 2 aromatic carbocycles. The first-order valence-electron chi connectivity index (χ1n) is 7.96. The average molecular weight is 407 g/mol. The Morgan fingerprint density at radius 2 is 1.76 bits per heavy atom. The molecule has 0 aliphatic rings. The van der Waals surface area contributed by atoms with Crippen molar-refractivity contribution in [2.75, 3.05) is 13.2 Å². The number of benzene rings is 2. The monoisotopic (exact) mass is 406 g/mol. The largest absolute Gasteiger partial charge is 0.493 e. The maximum Gasteiger partial charge on any atom is 0.343 e. The molecule has 0 radical (unpaired) electrons. The molecular weight excluding hydrogens is 388 g/mol. The third kappa shape index (κ3) is 5.32. The number of carbonyl (C=O) groups is 2. The Labute approximate surface area is 155 Å². The predicted octanol–water partition coefficient (Wildman–Crippen LogP) is 4.63. The minimum atomic E-state index is -0.525. The zero-order valence-electron chi connectivity index (χ0n) is 14.1. The first-order valence-corrected chi connectivity index (χ1v) is 8.76. The molecule has 0 N–H and O–H groups in total. The van der Waals surface area contributed by atoms with Crippen molar-refractivity contribution < 1.29 is 23.8 Å². The normalized spacial score (nSPS) is 10.2. The average Bonchev–Trinajstić information content (AvgIpc) is 2.61. The maximum absolute atomic E-state index is 12.3. The minimum Gasteiger partial charge on any atom is -0.493 e. The van der Waals surface area contributed by atoms with Gasteiger partial charge >= 0.3 is 11.9 Å². The van der Waals surface area contributed by atoms with E-state index in [2.05, 4.69) is 15.9 Å². The molecule has 25 heavy (non-hydrogen) atoms. The summed E-state index contributed by atoms with van der Waals surface area (Å²) in [6, 6.07) is 11.3. The Kier molecular flexibility index (Phi) is 7.01. The molecule has 132 valence electrons. The topological polar surface area (TPSA) is 61.8 Å². The summed E-state index contributed by atoms with van der Waals surface area (Å²) in [5.74, 6) is -0.0351. The van der Waals surface area contributed by atoms with Gasteiger partial charge in [-0.1, -0.05) is 13.0 Å². The van der Waals surface area contributed by atoms with Crippen LogP contribution in [0, 0.1) is 0 Å². The highest BCUT2D eigenvalue weighted by molar-refractivity contribution is 9.10. The van der Waals surface area contributed by atoms with Crippen molar-refractivity contribution in [1.29, 1.82) is 0 Å². The molecule has 0 aromatic heterocycles. The van der Waals surface area contributed by atoms with Crippen LogP contribution in [0.3, 0.4) is 0 Å². The van der Waals surface area contributed by atoms with Crippen LogP contribution in [0.2, 0.25) is 0 Å². The van der Waals surface area contributed by atoms with Gasteiger partial charge in [-0.15, -0.1) is 0 Å². The van der Waals surface area contributed by atoms with Gasteiger partial charge in [0.05, 0.1) is 28.8 Å². The van der Waals surface area contributed by atoms with Gasteiger partial charge in [0.25, 0.3) is 0 Å². The van der Waals surface area contributed by atoms with Crippen molar-refractivity contribution >= 4 is 27.9 Å². The van der Waals surface area contributed by atoms with Gasteiger partial charge in [-0.05, 0) is 65.7 Å². The lowest BCUT2D eigenvalue weighted by molar-refractivity contribution is 0.0503. The summed E-state index contributed by atoms with van der Waals surface area (Å²) < 4.78 is 16.5. The van der Waals surface area contributed by atoms with E-state index in [-0.39, 0.29) is 5.75 Å². The Hall–Kier alpha value is -2.34. The molecule has 2 rings (SSSR count). The van der Waals surface area contributed by atoms with Crippen molar-refractivity contribution in [1.82, 2.24) is 0 Å². The van der Waals surface area contributed by atoms with E-state index < -0.39 is 11.9 Å². The van der Waals surface area contributed by atoms with Crippen LogP contribution in [-0.2, 0) is 4.74 Å². The molecule has 2 aromatic rings. The van der Waals surface area contributed by atoms with Crippen molar-refractivity contribution in [3.8, 4) is 11.5 Å². The molecule has 0 aliphatic carbocycles. The van der Waals surface area contributed by atoms with E-state index in [0.717, 1.165) is 6.42 Å². The highest BCUT2D eigenvalue weighted by Crippen LogP contribution is 2.26. The molecule has 0 heterocycles. The van der Waals surface area contributed by atoms with Gasteiger partial charge in [-0.3, -0.25) is 0 Å². The predicted molar refractivity (Wildman–Crippen MR) is 97.3 cm³/mol. The second-order valence-corrected chi connectivity index (χ2v) is 5.99. The molecule has 0 aliphatic heterocycles.